The molecule has 1 fully saturated rings. The molecule has 0 bridgehead atoms. The highest BCUT2D eigenvalue weighted by Crippen LogP contribution is 2.23. The minimum absolute atomic E-state index is 0.834. The van der Waals surface area contributed by atoms with E-state index in [1.807, 2.05) is 0 Å². The molecule has 1 heteroatoms. The summed E-state index contributed by atoms with van der Waals surface area (Å²) in [6, 6.07) is 0. The summed E-state index contributed by atoms with van der Waals surface area (Å²) in [5, 5.41) is 0. The summed E-state index contributed by atoms with van der Waals surface area (Å²) < 4.78 is 0. The highest BCUT2D eigenvalue weighted by molar-refractivity contribution is 4.86. The molecule has 0 aromatic carbocycles. The number of rotatable bonds is 3. The van der Waals surface area contributed by atoms with E-state index < -0.39 is 0 Å². The predicted octanol–water partition coefficient (Wildman–Crippen LogP) is 1.99. The lowest BCUT2D eigenvalue weighted by Gasteiger charge is -2.16. The maximum absolute atomic E-state index is 5.22. The molecule has 1 unspecified atom stereocenters. The summed E-state index contributed by atoms with van der Waals surface area (Å²) in [5.41, 5.74) is 0. The highest BCUT2D eigenvalue weighted by Gasteiger charge is 2.23. The van der Waals surface area contributed by atoms with Gasteiger partial charge in [-0.05, 0) is 24.8 Å². The first-order chi connectivity index (χ1) is 5.74. The fourth-order valence-corrected chi connectivity index (χ4v) is 1.83. The standard InChI is InChI=1S/C11H19N/c1-4-5-7-12-8-6-11(9-12)10(2)3/h1,10-11H,5-9H2,2-3H3. The molecule has 0 saturated carbocycles. The Morgan fingerprint density at radius 3 is 2.83 bits per heavy atom. The van der Waals surface area contributed by atoms with Gasteiger partial charge in [0.15, 0.2) is 0 Å². The number of hydrogen-bond acceptors (Lipinski definition) is 1. The Labute approximate surface area is 76.1 Å². The fraction of sp³-hybridized carbons (Fsp3) is 0.818. The van der Waals surface area contributed by atoms with Gasteiger partial charge in [-0.1, -0.05) is 13.8 Å². The second-order valence-corrected chi connectivity index (χ2v) is 4.05. The minimum atomic E-state index is 0.834. The molecule has 1 nitrogen and oxygen atoms in total. The molecule has 1 heterocycles. The number of nitrogens with zero attached hydrogens (tertiary/aromatic N) is 1. The molecule has 68 valence electrons. The molecule has 1 aliphatic heterocycles. The summed E-state index contributed by atoms with van der Waals surface area (Å²) >= 11 is 0. The average molecular weight is 165 g/mol. The molecule has 12 heavy (non-hydrogen) atoms. The molecule has 1 saturated heterocycles. The van der Waals surface area contributed by atoms with Crippen molar-refractivity contribution >= 4 is 0 Å². The van der Waals surface area contributed by atoms with Crippen molar-refractivity contribution in [2.45, 2.75) is 26.7 Å². The zero-order chi connectivity index (χ0) is 8.97. The van der Waals surface area contributed by atoms with E-state index in [2.05, 4.69) is 24.7 Å². The van der Waals surface area contributed by atoms with Crippen LogP contribution in [0, 0.1) is 24.2 Å². The lowest BCUT2D eigenvalue weighted by atomic mass is 9.95. The van der Waals surface area contributed by atoms with Crippen LogP contribution < -0.4 is 0 Å². The second kappa shape index (κ2) is 4.52. The van der Waals surface area contributed by atoms with Crippen molar-refractivity contribution < 1.29 is 0 Å². The maximum atomic E-state index is 5.22. The normalized spacial score (nSPS) is 24.7. The van der Waals surface area contributed by atoms with Gasteiger partial charge < -0.3 is 4.90 Å². The summed E-state index contributed by atoms with van der Waals surface area (Å²) in [7, 11) is 0. The third kappa shape index (κ3) is 2.53. The van der Waals surface area contributed by atoms with Gasteiger partial charge in [-0.25, -0.2) is 0 Å². The number of hydrogen-bond donors (Lipinski definition) is 0. The first-order valence-electron chi connectivity index (χ1n) is 4.90. The SMILES string of the molecule is C#CCCN1CCC(C(C)C)C1. The first-order valence-corrected chi connectivity index (χ1v) is 4.90. The van der Waals surface area contributed by atoms with Crippen LogP contribution in [-0.2, 0) is 0 Å². The van der Waals surface area contributed by atoms with Gasteiger partial charge in [-0.15, -0.1) is 12.3 Å². The van der Waals surface area contributed by atoms with E-state index in [-0.39, 0.29) is 0 Å². The predicted molar refractivity (Wildman–Crippen MR) is 52.8 cm³/mol. The lowest BCUT2D eigenvalue weighted by Crippen LogP contribution is -2.22. The van der Waals surface area contributed by atoms with E-state index in [4.69, 9.17) is 6.42 Å². The van der Waals surface area contributed by atoms with Crippen molar-refractivity contribution in [2.24, 2.45) is 11.8 Å². The Morgan fingerprint density at radius 1 is 1.58 bits per heavy atom. The molecule has 1 aliphatic rings. The first kappa shape index (κ1) is 9.61. The van der Waals surface area contributed by atoms with Crippen LogP contribution in [0.2, 0.25) is 0 Å². The molecule has 0 N–H and O–H groups in total. The topological polar surface area (TPSA) is 3.24 Å². The van der Waals surface area contributed by atoms with Crippen LogP contribution >= 0.6 is 0 Å². The van der Waals surface area contributed by atoms with E-state index in [9.17, 15) is 0 Å². The van der Waals surface area contributed by atoms with Gasteiger partial charge in [0.25, 0.3) is 0 Å². The largest absolute Gasteiger partial charge is 0.302 e. The Hall–Kier alpha value is -0.480. The molecule has 0 aromatic heterocycles. The fourth-order valence-electron chi connectivity index (χ4n) is 1.83. The van der Waals surface area contributed by atoms with Gasteiger partial charge in [-0.3, -0.25) is 0 Å². The third-order valence-electron chi connectivity index (χ3n) is 2.82. The second-order valence-electron chi connectivity index (χ2n) is 4.05. The Bertz CT molecular complexity index is 166. The van der Waals surface area contributed by atoms with Crippen molar-refractivity contribution in [3.8, 4) is 12.3 Å². The molecule has 0 aromatic rings. The van der Waals surface area contributed by atoms with Crippen LogP contribution in [0.15, 0.2) is 0 Å². The van der Waals surface area contributed by atoms with Crippen LogP contribution in [0.3, 0.4) is 0 Å². The summed E-state index contributed by atoms with van der Waals surface area (Å²) in [6.07, 6.45) is 7.50. The summed E-state index contributed by atoms with van der Waals surface area (Å²) in [4.78, 5) is 2.49. The van der Waals surface area contributed by atoms with Gasteiger partial charge >= 0.3 is 0 Å². The van der Waals surface area contributed by atoms with Crippen molar-refractivity contribution in [3.05, 3.63) is 0 Å². The molecule has 0 radical (unpaired) electrons. The van der Waals surface area contributed by atoms with Crippen LogP contribution in [0.5, 0.6) is 0 Å². The highest BCUT2D eigenvalue weighted by atomic mass is 15.1. The molecule has 1 atom stereocenters. The quantitative estimate of drug-likeness (QED) is 0.578. The van der Waals surface area contributed by atoms with Crippen LogP contribution in [0.25, 0.3) is 0 Å². The molecular weight excluding hydrogens is 146 g/mol. The zero-order valence-electron chi connectivity index (χ0n) is 8.21. The Kier molecular flexibility index (Phi) is 3.62. The van der Waals surface area contributed by atoms with Crippen LogP contribution in [0.1, 0.15) is 26.7 Å². The van der Waals surface area contributed by atoms with Gasteiger partial charge in [0.1, 0.15) is 0 Å². The van der Waals surface area contributed by atoms with Crippen LogP contribution in [-0.4, -0.2) is 24.5 Å². The molecule has 1 rings (SSSR count). The van der Waals surface area contributed by atoms with E-state index >= 15 is 0 Å². The van der Waals surface area contributed by atoms with Gasteiger partial charge in [-0.2, -0.15) is 0 Å². The van der Waals surface area contributed by atoms with Crippen molar-refractivity contribution in [2.75, 3.05) is 19.6 Å². The summed E-state index contributed by atoms with van der Waals surface area (Å²) in [6.45, 7) is 8.24. The Balaban J connectivity index is 2.22. The van der Waals surface area contributed by atoms with Crippen molar-refractivity contribution in [1.29, 1.82) is 0 Å². The van der Waals surface area contributed by atoms with Crippen LogP contribution in [0.4, 0.5) is 0 Å². The molecule has 0 aliphatic carbocycles. The van der Waals surface area contributed by atoms with E-state index in [1.54, 1.807) is 0 Å². The monoisotopic (exact) mass is 165 g/mol. The number of terminal acetylenes is 1. The maximum Gasteiger partial charge on any atom is 0.0214 e. The lowest BCUT2D eigenvalue weighted by molar-refractivity contribution is 0.310. The van der Waals surface area contributed by atoms with E-state index in [0.29, 0.717) is 0 Å². The van der Waals surface area contributed by atoms with Crippen molar-refractivity contribution in [1.82, 2.24) is 4.90 Å². The third-order valence-corrected chi connectivity index (χ3v) is 2.82. The van der Waals surface area contributed by atoms with Gasteiger partial charge in [0.05, 0.1) is 0 Å². The molecular formula is C11H19N. The molecule has 0 amide bonds. The van der Waals surface area contributed by atoms with E-state index in [1.165, 1.54) is 19.5 Å². The van der Waals surface area contributed by atoms with Gasteiger partial charge in [0.2, 0.25) is 0 Å². The average Bonchev–Trinajstić information content (AvgIpc) is 2.48. The molecule has 0 spiro atoms. The van der Waals surface area contributed by atoms with Gasteiger partial charge in [0, 0.05) is 19.5 Å². The number of likely N-dealkylation sites (tertiary alicyclic amines) is 1. The summed E-state index contributed by atoms with van der Waals surface area (Å²) in [5.74, 6) is 4.44. The zero-order valence-corrected chi connectivity index (χ0v) is 8.21. The Morgan fingerprint density at radius 2 is 2.33 bits per heavy atom. The van der Waals surface area contributed by atoms with E-state index in [0.717, 1.165) is 24.8 Å². The van der Waals surface area contributed by atoms with Crippen molar-refractivity contribution in [3.63, 3.8) is 0 Å². The minimum Gasteiger partial charge on any atom is -0.302 e. The smallest absolute Gasteiger partial charge is 0.0214 e.